The number of fused-ring (bicyclic) bond motifs is 1. The smallest absolute Gasteiger partial charge is 0.340 e. The molecule has 0 aliphatic heterocycles. The molecule has 1 N–H and O–H groups in total. The molecule has 1 aromatic heterocycles. The van der Waals surface area contributed by atoms with Crippen LogP contribution in [0.4, 0.5) is 0 Å². The summed E-state index contributed by atoms with van der Waals surface area (Å²) < 4.78 is 40.1. The number of esters is 1. The van der Waals surface area contributed by atoms with Gasteiger partial charge in [-0.15, -0.1) is 0 Å². The zero-order valence-corrected chi connectivity index (χ0v) is 24.5. The Kier molecular flexibility index (Phi) is 8.59. The molecule has 0 amide bonds. The van der Waals surface area contributed by atoms with Crippen molar-refractivity contribution in [2.75, 3.05) is 0 Å². The van der Waals surface area contributed by atoms with Crippen molar-refractivity contribution < 1.29 is 22.4 Å². The molecule has 0 bridgehead atoms. The van der Waals surface area contributed by atoms with Gasteiger partial charge in [-0.2, -0.15) is 4.72 Å². The molecule has 0 aliphatic rings. The molecule has 0 radical (unpaired) electrons. The number of hydrogen-bond donors (Lipinski definition) is 1. The summed E-state index contributed by atoms with van der Waals surface area (Å²) in [4.78, 5) is 26.4. The van der Waals surface area contributed by atoms with Gasteiger partial charge in [-0.1, -0.05) is 90.0 Å². The summed E-state index contributed by atoms with van der Waals surface area (Å²) >= 11 is 6.54. The average molecular weight is 602 g/mol. The van der Waals surface area contributed by atoms with Crippen molar-refractivity contribution >= 4 is 38.6 Å². The fourth-order valence-electron chi connectivity index (χ4n) is 4.65. The number of sulfonamides is 1. The van der Waals surface area contributed by atoms with Gasteiger partial charge in [-0.05, 0) is 55.2 Å². The number of carbonyl (C=O) groups is 1. The van der Waals surface area contributed by atoms with Crippen LogP contribution in [0.5, 0.6) is 5.75 Å². The average Bonchev–Trinajstić information content (AvgIpc) is 2.97. The lowest BCUT2D eigenvalue weighted by molar-refractivity contribution is -0.136. The van der Waals surface area contributed by atoms with Crippen LogP contribution in [0.15, 0.2) is 111 Å². The summed E-state index contributed by atoms with van der Waals surface area (Å²) in [5.41, 5.74) is 3.48. The summed E-state index contributed by atoms with van der Waals surface area (Å²) in [6.07, 6.45) is 0.425. The molecule has 0 spiro atoms. The quantitative estimate of drug-likeness (QED) is 0.123. The van der Waals surface area contributed by atoms with Gasteiger partial charge in [0.2, 0.25) is 10.0 Å². The second kappa shape index (κ2) is 12.3. The zero-order chi connectivity index (χ0) is 29.9. The Morgan fingerprint density at radius 1 is 0.905 bits per heavy atom. The van der Waals surface area contributed by atoms with Crippen molar-refractivity contribution in [2.45, 2.75) is 37.6 Å². The van der Waals surface area contributed by atoms with E-state index in [1.807, 2.05) is 50.2 Å². The van der Waals surface area contributed by atoms with Crippen molar-refractivity contribution in [3.63, 3.8) is 0 Å². The molecule has 0 fully saturated rings. The molecular weight excluding hydrogens is 574 g/mol. The molecule has 4 aromatic carbocycles. The number of ether oxygens (including phenoxy) is 1. The van der Waals surface area contributed by atoms with Crippen molar-refractivity contribution in [1.29, 1.82) is 0 Å². The Morgan fingerprint density at radius 2 is 1.52 bits per heavy atom. The van der Waals surface area contributed by atoms with Gasteiger partial charge >= 0.3 is 11.6 Å². The van der Waals surface area contributed by atoms with Crippen LogP contribution in [0, 0.1) is 13.8 Å². The highest BCUT2D eigenvalue weighted by molar-refractivity contribution is 7.89. The predicted octanol–water partition coefficient (Wildman–Crippen LogP) is 6.15. The molecule has 5 rings (SSSR count). The summed E-state index contributed by atoms with van der Waals surface area (Å²) in [6, 6.07) is 26.5. The minimum atomic E-state index is -4.06. The molecule has 42 heavy (non-hydrogen) atoms. The second-order valence-corrected chi connectivity index (χ2v) is 12.2. The summed E-state index contributed by atoms with van der Waals surface area (Å²) in [7, 11) is -4.06. The highest BCUT2D eigenvalue weighted by Gasteiger charge is 2.29. The lowest BCUT2D eigenvalue weighted by Gasteiger charge is -2.19. The topological polar surface area (TPSA) is 103 Å². The first-order valence-electron chi connectivity index (χ1n) is 13.2. The highest BCUT2D eigenvalue weighted by atomic mass is 35.5. The number of hydrogen-bond acceptors (Lipinski definition) is 6. The molecule has 0 unspecified atom stereocenters. The Hall–Kier alpha value is -4.24. The third kappa shape index (κ3) is 6.62. The fourth-order valence-corrected chi connectivity index (χ4v) is 6.03. The van der Waals surface area contributed by atoms with E-state index in [-0.39, 0.29) is 27.7 Å². The molecule has 1 heterocycles. The number of carbonyl (C=O) groups excluding carboxylic acids is 1. The van der Waals surface area contributed by atoms with Crippen molar-refractivity contribution in [2.24, 2.45) is 0 Å². The second-order valence-electron chi connectivity index (χ2n) is 10.0. The van der Waals surface area contributed by atoms with Gasteiger partial charge in [-0.25, -0.2) is 18.0 Å². The first-order chi connectivity index (χ1) is 20.1. The fraction of sp³-hybridized carbons (Fsp3) is 0.152. The number of halogens is 1. The molecule has 0 saturated carbocycles. The third-order valence-corrected chi connectivity index (χ3v) is 8.75. The molecular formula is C33H28ClNO6S. The van der Waals surface area contributed by atoms with E-state index in [1.54, 1.807) is 42.5 Å². The van der Waals surface area contributed by atoms with Gasteiger partial charge in [0.15, 0.2) is 5.75 Å². The van der Waals surface area contributed by atoms with E-state index in [0.717, 1.165) is 16.7 Å². The molecule has 0 aliphatic carbocycles. The van der Waals surface area contributed by atoms with Crippen molar-refractivity contribution in [3.05, 3.63) is 140 Å². The van der Waals surface area contributed by atoms with Gasteiger partial charge in [0.05, 0.1) is 9.92 Å². The first-order valence-corrected chi connectivity index (χ1v) is 15.1. The monoisotopic (exact) mass is 601 g/mol. The SMILES string of the molecule is Cc1ccc(S(=O)(=O)N[C@H](Cc2ccccc2)C(=O)Oc2cc3oc(=O)c(Cc4ccccc4)c(C)c3cc2Cl)cc1. The van der Waals surface area contributed by atoms with Gasteiger partial charge in [0, 0.05) is 23.4 Å². The Morgan fingerprint density at radius 3 is 2.17 bits per heavy atom. The molecule has 1 atom stereocenters. The van der Waals surface area contributed by atoms with E-state index in [2.05, 4.69) is 4.72 Å². The molecule has 5 aromatic rings. The van der Waals surface area contributed by atoms with E-state index in [1.165, 1.54) is 18.2 Å². The predicted molar refractivity (Wildman–Crippen MR) is 163 cm³/mol. The van der Waals surface area contributed by atoms with Gasteiger partial charge in [0.1, 0.15) is 11.6 Å². The van der Waals surface area contributed by atoms with Crippen LogP contribution in [0.1, 0.15) is 27.8 Å². The van der Waals surface area contributed by atoms with E-state index in [4.69, 9.17) is 20.8 Å². The van der Waals surface area contributed by atoms with E-state index in [9.17, 15) is 18.0 Å². The first kappa shape index (κ1) is 29.3. The Balaban J connectivity index is 1.45. The summed E-state index contributed by atoms with van der Waals surface area (Å²) in [6.45, 7) is 3.66. The van der Waals surface area contributed by atoms with Crippen LogP contribution < -0.4 is 15.1 Å². The van der Waals surface area contributed by atoms with Crippen LogP contribution in [0.3, 0.4) is 0 Å². The van der Waals surface area contributed by atoms with Crippen LogP contribution in [0.2, 0.25) is 5.02 Å². The number of rotatable bonds is 9. The third-order valence-electron chi connectivity index (χ3n) is 6.97. The minimum absolute atomic E-state index is 0.0197. The molecule has 9 heteroatoms. The zero-order valence-electron chi connectivity index (χ0n) is 23.0. The van der Waals surface area contributed by atoms with E-state index >= 15 is 0 Å². The number of nitrogens with one attached hydrogen (secondary N) is 1. The summed E-state index contributed by atoms with van der Waals surface area (Å²) in [5.74, 6) is -0.921. The standard InChI is InChI=1S/C33H28ClNO6S/c1-21-13-15-25(16-14-21)42(38,39)35-29(18-24-11-7-4-8-12-24)33(37)41-31-20-30-26(19-28(31)34)22(2)27(32(36)40-30)17-23-9-5-3-6-10-23/h3-16,19-20,29,35H,17-18H2,1-2H3/t29-/m1/s1. The lowest BCUT2D eigenvalue weighted by atomic mass is 9.99. The van der Waals surface area contributed by atoms with Crippen LogP contribution in [0.25, 0.3) is 11.0 Å². The molecule has 7 nitrogen and oxygen atoms in total. The van der Waals surface area contributed by atoms with Crippen molar-refractivity contribution in [1.82, 2.24) is 4.72 Å². The van der Waals surface area contributed by atoms with Crippen LogP contribution in [-0.4, -0.2) is 20.4 Å². The van der Waals surface area contributed by atoms with E-state index < -0.39 is 27.7 Å². The minimum Gasteiger partial charge on any atom is -0.424 e. The summed E-state index contributed by atoms with van der Waals surface area (Å²) in [5, 5.41) is 0.713. The number of benzene rings is 4. The Labute approximate surface area is 248 Å². The lowest BCUT2D eigenvalue weighted by Crippen LogP contribution is -2.44. The maximum Gasteiger partial charge on any atom is 0.340 e. The van der Waals surface area contributed by atoms with Crippen LogP contribution >= 0.6 is 11.6 Å². The molecule has 214 valence electrons. The van der Waals surface area contributed by atoms with Gasteiger partial charge in [0.25, 0.3) is 0 Å². The normalized spacial score (nSPS) is 12.3. The highest BCUT2D eigenvalue weighted by Crippen LogP contribution is 2.33. The number of aryl methyl sites for hydroxylation is 2. The maximum atomic E-state index is 13.5. The van der Waals surface area contributed by atoms with E-state index in [0.29, 0.717) is 22.9 Å². The van der Waals surface area contributed by atoms with Crippen LogP contribution in [-0.2, 0) is 27.7 Å². The van der Waals surface area contributed by atoms with Gasteiger partial charge < -0.3 is 9.15 Å². The maximum absolute atomic E-state index is 13.5. The van der Waals surface area contributed by atoms with Crippen molar-refractivity contribution in [3.8, 4) is 5.75 Å². The van der Waals surface area contributed by atoms with Gasteiger partial charge in [-0.3, -0.25) is 0 Å². The Bertz CT molecular complexity index is 1900. The molecule has 0 saturated heterocycles. The largest absolute Gasteiger partial charge is 0.424 e.